The van der Waals surface area contributed by atoms with E-state index in [4.69, 9.17) is 15.2 Å². The normalized spacial score (nSPS) is 10.2. The molecule has 0 aliphatic rings. The van der Waals surface area contributed by atoms with E-state index >= 15 is 0 Å². The highest BCUT2D eigenvalue weighted by Gasteiger charge is 2.14. The predicted molar refractivity (Wildman–Crippen MR) is 89.6 cm³/mol. The van der Waals surface area contributed by atoms with Crippen molar-refractivity contribution in [1.82, 2.24) is 0 Å². The molecule has 21 heavy (non-hydrogen) atoms. The Morgan fingerprint density at radius 1 is 1.19 bits per heavy atom. The lowest BCUT2D eigenvalue weighted by Crippen LogP contribution is -2.12. The second-order valence-corrected chi connectivity index (χ2v) is 5.52. The summed E-state index contributed by atoms with van der Waals surface area (Å²) < 4.78 is 12.2. The Morgan fingerprint density at radius 3 is 2.52 bits per heavy atom. The maximum Gasteiger partial charge on any atom is 0.248 e. The van der Waals surface area contributed by atoms with E-state index in [-0.39, 0.29) is 0 Å². The molecule has 0 spiro atoms. The highest BCUT2D eigenvalue weighted by molar-refractivity contribution is 14.1. The first-order chi connectivity index (χ1) is 10.1. The zero-order valence-corrected chi connectivity index (χ0v) is 13.8. The lowest BCUT2D eigenvalue weighted by atomic mass is 10.2. The zero-order chi connectivity index (χ0) is 15.2. The molecule has 0 fully saturated rings. The smallest absolute Gasteiger partial charge is 0.248 e. The lowest BCUT2D eigenvalue weighted by Gasteiger charge is -2.14. The van der Waals surface area contributed by atoms with Gasteiger partial charge in [0, 0.05) is 5.56 Å². The second-order valence-electron chi connectivity index (χ2n) is 4.36. The van der Waals surface area contributed by atoms with Gasteiger partial charge in [-0.1, -0.05) is 30.3 Å². The molecule has 2 N–H and O–H groups in total. The van der Waals surface area contributed by atoms with Gasteiger partial charge in [-0.05, 0) is 47.2 Å². The van der Waals surface area contributed by atoms with Crippen LogP contribution in [-0.4, -0.2) is 12.5 Å². The van der Waals surface area contributed by atoms with Crippen molar-refractivity contribution in [3.63, 3.8) is 0 Å². The molecule has 0 aliphatic heterocycles. The van der Waals surface area contributed by atoms with Crippen LogP contribution in [0.2, 0.25) is 0 Å². The lowest BCUT2D eigenvalue weighted by molar-refractivity contribution is 0.0999. The first kappa shape index (κ1) is 15.6. The van der Waals surface area contributed by atoms with E-state index in [2.05, 4.69) is 22.6 Å². The molecule has 0 aromatic heterocycles. The Hall–Kier alpha value is -1.76. The maximum absolute atomic E-state index is 11.4. The minimum atomic E-state index is -0.486. The summed E-state index contributed by atoms with van der Waals surface area (Å²) in [5, 5.41) is 0. The maximum atomic E-state index is 11.4. The molecule has 0 saturated carbocycles. The molecule has 0 saturated heterocycles. The quantitative estimate of drug-likeness (QED) is 0.761. The number of ether oxygens (including phenoxy) is 2. The summed E-state index contributed by atoms with van der Waals surface area (Å²) in [6.07, 6.45) is 0. The van der Waals surface area contributed by atoms with Crippen LogP contribution in [-0.2, 0) is 6.61 Å². The van der Waals surface area contributed by atoms with Crippen molar-refractivity contribution in [3.8, 4) is 11.5 Å². The Labute approximate surface area is 137 Å². The second kappa shape index (κ2) is 7.31. The number of halogens is 1. The highest BCUT2D eigenvalue weighted by Crippen LogP contribution is 2.34. The molecular weight excluding hydrogens is 381 g/mol. The summed E-state index contributed by atoms with van der Waals surface area (Å²) in [5.41, 5.74) is 6.79. The Kier molecular flexibility index (Phi) is 5.44. The Morgan fingerprint density at radius 2 is 1.90 bits per heavy atom. The van der Waals surface area contributed by atoms with Gasteiger partial charge in [-0.3, -0.25) is 4.79 Å². The van der Waals surface area contributed by atoms with Crippen LogP contribution in [0.1, 0.15) is 22.8 Å². The Balaban J connectivity index is 2.28. The van der Waals surface area contributed by atoms with Gasteiger partial charge in [0.2, 0.25) is 5.91 Å². The molecule has 0 bridgehead atoms. The van der Waals surface area contributed by atoms with E-state index in [1.807, 2.05) is 37.3 Å². The summed E-state index contributed by atoms with van der Waals surface area (Å²) in [4.78, 5) is 11.4. The first-order valence-electron chi connectivity index (χ1n) is 6.54. The van der Waals surface area contributed by atoms with Crippen LogP contribution in [0, 0.1) is 3.57 Å². The molecule has 110 valence electrons. The molecule has 0 radical (unpaired) electrons. The summed E-state index contributed by atoms with van der Waals surface area (Å²) in [6.45, 7) is 2.83. The van der Waals surface area contributed by atoms with Gasteiger partial charge in [-0.15, -0.1) is 0 Å². The number of nitrogens with two attached hydrogens (primary N) is 1. The van der Waals surface area contributed by atoms with Crippen molar-refractivity contribution in [1.29, 1.82) is 0 Å². The van der Waals surface area contributed by atoms with Crippen molar-refractivity contribution in [3.05, 3.63) is 57.2 Å². The fourth-order valence-electron chi connectivity index (χ4n) is 1.84. The van der Waals surface area contributed by atoms with Crippen molar-refractivity contribution >= 4 is 28.5 Å². The van der Waals surface area contributed by atoms with Crippen LogP contribution >= 0.6 is 22.6 Å². The number of carbonyl (C=O) groups excluding carboxylic acids is 1. The summed E-state index contributed by atoms with van der Waals surface area (Å²) in [5.74, 6) is 0.681. The third kappa shape index (κ3) is 4.10. The van der Waals surface area contributed by atoms with E-state index < -0.39 is 5.91 Å². The molecule has 0 heterocycles. The summed E-state index contributed by atoms with van der Waals surface area (Å²) in [6, 6.07) is 13.1. The molecule has 5 heteroatoms. The van der Waals surface area contributed by atoms with Gasteiger partial charge in [0.15, 0.2) is 11.5 Å². The molecular formula is C16H16INO3. The van der Waals surface area contributed by atoms with Crippen molar-refractivity contribution in [2.24, 2.45) is 5.73 Å². The third-order valence-corrected chi connectivity index (χ3v) is 3.62. The van der Waals surface area contributed by atoms with Crippen LogP contribution in [0.5, 0.6) is 11.5 Å². The average molecular weight is 397 g/mol. The van der Waals surface area contributed by atoms with Gasteiger partial charge >= 0.3 is 0 Å². The number of primary amides is 1. The zero-order valence-electron chi connectivity index (χ0n) is 11.6. The van der Waals surface area contributed by atoms with E-state index in [9.17, 15) is 4.79 Å². The fraction of sp³-hybridized carbons (Fsp3) is 0.188. The van der Waals surface area contributed by atoms with Gasteiger partial charge in [0.05, 0.1) is 10.2 Å². The molecule has 4 nitrogen and oxygen atoms in total. The number of amides is 1. The number of rotatable bonds is 6. The van der Waals surface area contributed by atoms with Crippen LogP contribution < -0.4 is 15.2 Å². The summed E-state index contributed by atoms with van der Waals surface area (Å²) >= 11 is 2.11. The minimum Gasteiger partial charge on any atom is -0.489 e. The number of hydrogen-bond donors (Lipinski definition) is 1. The molecule has 2 aromatic rings. The van der Waals surface area contributed by atoms with Crippen LogP contribution in [0.4, 0.5) is 0 Å². The SMILES string of the molecule is CCOc1c(I)cc(C(N)=O)cc1OCc1ccccc1. The third-order valence-electron chi connectivity index (χ3n) is 2.82. The van der Waals surface area contributed by atoms with Gasteiger partial charge in [-0.2, -0.15) is 0 Å². The van der Waals surface area contributed by atoms with Crippen LogP contribution in [0.15, 0.2) is 42.5 Å². The topological polar surface area (TPSA) is 61.5 Å². The number of benzene rings is 2. The number of hydrogen-bond acceptors (Lipinski definition) is 3. The van der Waals surface area contributed by atoms with Gasteiger partial charge in [0.1, 0.15) is 6.61 Å². The van der Waals surface area contributed by atoms with Gasteiger partial charge in [-0.25, -0.2) is 0 Å². The van der Waals surface area contributed by atoms with Crippen LogP contribution in [0.25, 0.3) is 0 Å². The van der Waals surface area contributed by atoms with Gasteiger partial charge < -0.3 is 15.2 Å². The number of carbonyl (C=O) groups is 1. The van der Waals surface area contributed by atoms with Crippen molar-refractivity contribution in [2.75, 3.05) is 6.61 Å². The molecule has 0 aliphatic carbocycles. The molecule has 1 amide bonds. The van der Waals surface area contributed by atoms with E-state index in [1.54, 1.807) is 12.1 Å². The van der Waals surface area contributed by atoms with E-state index in [0.717, 1.165) is 9.13 Å². The summed E-state index contributed by atoms with van der Waals surface area (Å²) in [7, 11) is 0. The van der Waals surface area contributed by atoms with E-state index in [0.29, 0.717) is 30.3 Å². The monoisotopic (exact) mass is 397 g/mol. The first-order valence-corrected chi connectivity index (χ1v) is 7.62. The molecule has 2 aromatic carbocycles. The highest BCUT2D eigenvalue weighted by atomic mass is 127. The van der Waals surface area contributed by atoms with Crippen LogP contribution in [0.3, 0.4) is 0 Å². The fourth-order valence-corrected chi connectivity index (χ4v) is 2.59. The van der Waals surface area contributed by atoms with Crippen molar-refractivity contribution in [2.45, 2.75) is 13.5 Å². The Bertz CT molecular complexity index is 629. The molecule has 2 rings (SSSR count). The minimum absolute atomic E-state index is 0.402. The standard InChI is InChI=1S/C16H16INO3/c1-2-20-15-13(17)8-12(16(18)19)9-14(15)21-10-11-6-4-3-5-7-11/h3-9H,2,10H2,1H3,(H2,18,19). The van der Waals surface area contributed by atoms with E-state index in [1.165, 1.54) is 0 Å². The average Bonchev–Trinajstić information content (AvgIpc) is 2.48. The molecule has 0 atom stereocenters. The van der Waals surface area contributed by atoms with Crippen molar-refractivity contribution < 1.29 is 14.3 Å². The van der Waals surface area contributed by atoms with Gasteiger partial charge in [0.25, 0.3) is 0 Å². The molecule has 0 unspecified atom stereocenters. The predicted octanol–water partition coefficient (Wildman–Crippen LogP) is 3.37. The largest absolute Gasteiger partial charge is 0.489 e.